The minimum atomic E-state index is -3.82. The van der Waals surface area contributed by atoms with Gasteiger partial charge in [-0.05, 0) is 61.1 Å². The molecular weight excluding hydrogens is 480 g/mol. The van der Waals surface area contributed by atoms with Crippen molar-refractivity contribution in [2.45, 2.75) is 11.8 Å². The number of hydrogen-bond donors (Lipinski definition) is 3. The number of nitrogens with zero attached hydrogens (tertiary/aromatic N) is 3. The van der Waals surface area contributed by atoms with Crippen molar-refractivity contribution in [1.29, 1.82) is 0 Å². The van der Waals surface area contributed by atoms with Crippen LogP contribution in [0.5, 0.6) is 0 Å². The van der Waals surface area contributed by atoms with Gasteiger partial charge in [0.1, 0.15) is 0 Å². The number of fused-ring (bicyclic) bond motifs is 2. The summed E-state index contributed by atoms with van der Waals surface area (Å²) in [5.74, 6) is 0.00659. The third-order valence-corrected chi connectivity index (χ3v) is 6.91. The van der Waals surface area contributed by atoms with Crippen LogP contribution in [0.25, 0.3) is 21.8 Å². The first-order chi connectivity index (χ1) is 16.9. The zero-order valence-electron chi connectivity index (χ0n) is 18.6. The molecule has 3 N–H and O–H groups in total. The molecule has 0 aliphatic rings. The van der Waals surface area contributed by atoms with Crippen LogP contribution >= 0.6 is 12.2 Å². The van der Waals surface area contributed by atoms with Crippen molar-refractivity contribution in [3.63, 3.8) is 0 Å². The summed E-state index contributed by atoms with van der Waals surface area (Å²) in [5.41, 5.74) is 4.33. The molecule has 0 atom stereocenters. The number of rotatable bonds is 5. The fourth-order valence-electron chi connectivity index (χ4n) is 3.72. The van der Waals surface area contributed by atoms with Gasteiger partial charge >= 0.3 is 0 Å². The van der Waals surface area contributed by atoms with Crippen LogP contribution in [0.3, 0.4) is 0 Å². The zero-order chi connectivity index (χ0) is 24.4. The van der Waals surface area contributed by atoms with Crippen LogP contribution < -0.4 is 15.4 Å². The summed E-state index contributed by atoms with van der Waals surface area (Å²) in [7, 11) is -3.82. The minimum Gasteiger partial charge on any atom is -0.332 e. The lowest BCUT2D eigenvalue weighted by Gasteiger charge is -2.16. The Morgan fingerprint density at radius 2 is 1.54 bits per heavy atom. The van der Waals surface area contributed by atoms with Crippen molar-refractivity contribution < 1.29 is 8.42 Å². The molecule has 0 unspecified atom stereocenters. The van der Waals surface area contributed by atoms with Gasteiger partial charge in [0.05, 0.1) is 21.6 Å². The standard InChI is InChI=1S/C25H20N6O2S2/c1-16-6-4-8-20-22(16)29-21-9-3-2-7-19(21)23(20)30-25(34)28-17-10-12-18(13-11-17)35(32,33)31-24-26-14-5-15-27-24/h2-15H,1H3,(H,26,27,31)(H2,28,29,30,34). The maximum absolute atomic E-state index is 12.6. The van der Waals surface area contributed by atoms with Crippen LogP contribution in [-0.4, -0.2) is 28.5 Å². The van der Waals surface area contributed by atoms with Gasteiger partial charge in [-0.3, -0.25) is 0 Å². The van der Waals surface area contributed by atoms with Gasteiger partial charge in [-0.25, -0.2) is 28.1 Å². The molecule has 0 amide bonds. The van der Waals surface area contributed by atoms with Crippen molar-refractivity contribution in [2.24, 2.45) is 0 Å². The first kappa shape index (κ1) is 22.6. The van der Waals surface area contributed by atoms with Gasteiger partial charge in [-0.1, -0.05) is 36.4 Å². The Labute approximate surface area is 207 Å². The number of aryl methyl sites for hydroxylation is 1. The molecule has 5 rings (SSSR count). The lowest BCUT2D eigenvalue weighted by atomic mass is 10.1. The summed E-state index contributed by atoms with van der Waals surface area (Å²) in [5, 5.41) is 8.72. The van der Waals surface area contributed by atoms with E-state index < -0.39 is 10.0 Å². The number of aromatic nitrogens is 3. The summed E-state index contributed by atoms with van der Waals surface area (Å²) in [6.07, 6.45) is 2.92. The maximum atomic E-state index is 12.6. The van der Waals surface area contributed by atoms with E-state index in [2.05, 4.69) is 25.3 Å². The molecule has 3 aromatic carbocycles. The first-order valence-electron chi connectivity index (χ1n) is 10.7. The van der Waals surface area contributed by atoms with E-state index in [9.17, 15) is 8.42 Å². The van der Waals surface area contributed by atoms with Crippen molar-refractivity contribution >= 4 is 66.5 Å². The second-order valence-corrected chi connectivity index (χ2v) is 9.85. The highest BCUT2D eigenvalue weighted by Crippen LogP contribution is 2.32. The Bertz CT molecular complexity index is 1660. The summed E-state index contributed by atoms with van der Waals surface area (Å²) in [4.78, 5) is 12.7. The van der Waals surface area contributed by atoms with E-state index in [1.54, 1.807) is 18.2 Å². The Morgan fingerprint density at radius 1 is 0.829 bits per heavy atom. The molecule has 35 heavy (non-hydrogen) atoms. The number of benzene rings is 3. The first-order valence-corrected chi connectivity index (χ1v) is 12.6. The Morgan fingerprint density at radius 3 is 2.31 bits per heavy atom. The number of pyridine rings is 1. The van der Waals surface area contributed by atoms with E-state index in [1.165, 1.54) is 24.5 Å². The van der Waals surface area contributed by atoms with E-state index in [4.69, 9.17) is 17.2 Å². The topological polar surface area (TPSA) is 109 Å². The molecular formula is C25H20N6O2S2. The highest BCUT2D eigenvalue weighted by atomic mass is 32.2. The highest BCUT2D eigenvalue weighted by molar-refractivity contribution is 7.92. The molecule has 8 nitrogen and oxygen atoms in total. The van der Waals surface area contributed by atoms with Gasteiger partial charge in [0.15, 0.2) is 5.11 Å². The summed E-state index contributed by atoms with van der Waals surface area (Å²) < 4.78 is 27.5. The third-order valence-electron chi connectivity index (χ3n) is 5.37. The van der Waals surface area contributed by atoms with E-state index in [0.717, 1.165) is 33.1 Å². The lowest BCUT2D eigenvalue weighted by molar-refractivity contribution is 0.601. The monoisotopic (exact) mass is 500 g/mol. The quantitative estimate of drug-likeness (QED) is 0.226. The van der Waals surface area contributed by atoms with Gasteiger partial charge in [0.2, 0.25) is 5.95 Å². The smallest absolute Gasteiger partial charge is 0.264 e. The summed E-state index contributed by atoms with van der Waals surface area (Å²) in [6.45, 7) is 2.03. The number of para-hydroxylation sites is 2. The lowest BCUT2D eigenvalue weighted by Crippen LogP contribution is -2.20. The van der Waals surface area contributed by atoms with Crippen molar-refractivity contribution in [1.82, 2.24) is 15.0 Å². The van der Waals surface area contributed by atoms with E-state index in [1.807, 2.05) is 49.4 Å². The predicted octanol–water partition coefficient (Wildman–Crippen LogP) is 5.10. The molecule has 174 valence electrons. The molecule has 5 aromatic rings. The van der Waals surface area contributed by atoms with Crippen molar-refractivity contribution in [3.8, 4) is 0 Å². The Hall–Kier alpha value is -4.15. The Kier molecular flexibility index (Phi) is 5.98. The molecule has 2 heterocycles. The van der Waals surface area contributed by atoms with Crippen LogP contribution in [0, 0.1) is 6.92 Å². The second-order valence-electron chi connectivity index (χ2n) is 7.76. The molecule has 0 saturated carbocycles. The number of sulfonamides is 1. The normalized spacial score (nSPS) is 11.3. The molecule has 0 aliphatic heterocycles. The van der Waals surface area contributed by atoms with Crippen LogP contribution in [0.4, 0.5) is 17.3 Å². The van der Waals surface area contributed by atoms with E-state index in [0.29, 0.717) is 10.8 Å². The molecule has 0 fully saturated rings. The molecule has 0 aliphatic carbocycles. The molecule has 0 bridgehead atoms. The third kappa shape index (κ3) is 4.75. The summed E-state index contributed by atoms with van der Waals surface area (Å²) in [6, 6.07) is 21.8. The molecule has 0 spiro atoms. The fourth-order valence-corrected chi connectivity index (χ4v) is 4.89. The largest absolute Gasteiger partial charge is 0.332 e. The van der Waals surface area contributed by atoms with Crippen LogP contribution in [0.2, 0.25) is 0 Å². The highest BCUT2D eigenvalue weighted by Gasteiger charge is 2.16. The van der Waals surface area contributed by atoms with Gasteiger partial charge < -0.3 is 10.6 Å². The average molecular weight is 501 g/mol. The van der Waals surface area contributed by atoms with Gasteiger partial charge in [-0.15, -0.1) is 0 Å². The SMILES string of the molecule is Cc1cccc2c(NC(=S)Nc3ccc(S(=O)(=O)Nc4ncccn4)cc3)c3ccccc3nc12. The van der Waals surface area contributed by atoms with Crippen molar-refractivity contribution in [3.05, 3.63) is 90.8 Å². The maximum Gasteiger partial charge on any atom is 0.264 e. The Balaban J connectivity index is 1.38. The van der Waals surface area contributed by atoms with Crippen molar-refractivity contribution in [2.75, 3.05) is 15.4 Å². The number of thiocarbonyl (C=S) groups is 1. The van der Waals surface area contributed by atoms with Gasteiger partial charge in [0.25, 0.3) is 10.0 Å². The molecule has 2 aromatic heterocycles. The zero-order valence-corrected chi connectivity index (χ0v) is 20.2. The van der Waals surface area contributed by atoms with Crippen LogP contribution in [0.15, 0.2) is 90.1 Å². The molecule has 10 heteroatoms. The molecule has 0 saturated heterocycles. The molecule has 0 radical (unpaired) electrons. The van der Waals surface area contributed by atoms with Crippen LogP contribution in [0.1, 0.15) is 5.56 Å². The number of nitrogens with one attached hydrogen (secondary N) is 3. The fraction of sp³-hybridized carbons (Fsp3) is 0.0400. The predicted molar refractivity (Wildman–Crippen MR) is 143 cm³/mol. The number of hydrogen-bond acceptors (Lipinski definition) is 6. The van der Waals surface area contributed by atoms with E-state index in [-0.39, 0.29) is 10.8 Å². The average Bonchev–Trinajstić information content (AvgIpc) is 2.85. The van der Waals surface area contributed by atoms with Crippen LogP contribution in [-0.2, 0) is 10.0 Å². The summed E-state index contributed by atoms with van der Waals surface area (Å²) >= 11 is 5.58. The second kappa shape index (κ2) is 9.24. The van der Waals surface area contributed by atoms with E-state index >= 15 is 0 Å². The van der Waals surface area contributed by atoms with Gasteiger partial charge in [0, 0.05) is 28.9 Å². The number of anilines is 3. The van der Waals surface area contributed by atoms with Gasteiger partial charge in [-0.2, -0.15) is 0 Å². The minimum absolute atomic E-state index is 0.00659.